The van der Waals surface area contributed by atoms with Crippen LogP contribution in [0.25, 0.3) is 11.0 Å². The molecule has 4 aromatic carbocycles. The Bertz CT molecular complexity index is 1750. The Morgan fingerprint density at radius 1 is 0.957 bits per heavy atom. The van der Waals surface area contributed by atoms with Crippen molar-refractivity contribution in [1.82, 2.24) is 20.6 Å². The monoisotopic (exact) mass is 639 g/mol. The van der Waals surface area contributed by atoms with Crippen molar-refractivity contribution in [3.05, 3.63) is 131 Å². The molecule has 0 aliphatic carbocycles. The van der Waals surface area contributed by atoms with E-state index in [1.165, 1.54) is 7.11 Å². The van der Waals surface area contributed by atoms with Gasteiger partial charge in [0.2, 0.25) is 5.91 Å². The van der Waals surface area contributed by atoms with Crippen LogP contribution in [0.2, 0.25) is 0 Å². The summed E-state index contributed by atoms with van der Waals surface area (Å²) in [4.78, 5) is 34.0. The van der Waals surface area contributed by atoms with Crippen LogP contribution >= 0.6 is 0 Å². The summed E-state index contributed by atoms with van der Waals surface area (Å²) >= 11 is 0. The molecule has 1 fully saturated rings. The number of amides is 2. The summed E-state index contributed by atoms with van der Waals surface area (Å²) in [5.41, 5.74) is 4.06. The first kappa shape index (κ1) is 31.8. The van der Waals surface area contributed by atoms with E-state index >= 15 is 0 Å². The number of halogens is 2. The summed E-state index contributed by atoms with van der Waals surface area (Å²) < 4.78 is 38.3. The van der Waals surface area contributed by atoms with Crippen molar-refractivity contribution in [3.8, 4) is 0 Å². The fourth-order valence-corrected chi connectivity index (χ4v) is 5.95. The van der Waals surface area contributed by atoms with E-state index in [4.69, 9.17) is 9.47 Å². The van der Waals surface area contributed by atoms with Crippen LogP contribution in [0.15, 0.2) is 97.1 Å². The maximum atomic E-state index is 14.0. The topological polar surface area (TPSA) is 117 Å². The third-order valence-electron chi connectivity index (χ3n) is 8.37. The number of carbonyl (C=O) groups is 2. The van der Waals surface area contributed by atoms with Gasteiger partial charge in [0.25, 0.3) is 0 Å². The van der Waals surface area contributed by atoms with Gasteiger partial charge in [0.15, 0.2) is 11.6 Å². The Hall–Kier alpha value is -5.13. The van der Waals surface area contributed by atoms with Crippen LogP contribution in [-0.2, 0) is 20.7 Å². The number of morpholine rings is 1. The van der Waals surface area contributed by atoms with Gasteiger partial charge in [0.1, 0.15) is 11.9 Å². The van der Waals surface area contributed by atoms with Crippen molar-refractivity contribution in [2.45, 2.75) is 36.9 Å². The van der Waals surface area contributed by atoms with Gasteiger partial charge in [0.05, 0.1) is 36.9 Å². The fourth-order valence-electron chi connectivity index (χ4n) is 5.95. The first-order valence-corrected chi connectivity index (χ1v) is 15.4. The molecule has 2 heterocycles. The molecule has 2 amide bonds. The quantitative estimate of drug-likeness (QED) is 0.149. The van der Waals surface area contributed by atoms with E-state index in [0.29, 0.717) is 48.5 Å². The largest absolute Gasteiger partial charge is 0.453 e. The minimum Gasteiger partial charge on any atom is -0.453 e. The molecule has 4 N–H and O–H groups in total. The fraction of sp³-hybridized carbons (Fsp3) is 0.250. The molecule has 1 aliphatic rings. The van der Waals surface area contributed by atoms with Crippen molar-refractivity contribution >= 4 is 28.7 Å². The van der Waals surface area contributed by atoms with E-state index < -0.39 is 29.7 Å². The molecular weight excluding hydrogens is 604 g/mol. The predicted molar refractivity (Wildman–Crippen MR) is 174 cm³/mol. The number of aryl methyl sites for hydroxylation is 1. The highest BCUT2D eigenvalue weighted by molar-refractivity contribution is 5.98. The molecule has 9 nitrogen and oxygen atoms in total. The van der Waals surface area contributed by atoms with E-state index in [0.717, 1.165) is 28.8 Å². The SMILES string of the molecule is COC(=O)N[C@H](C(=O)Nc1ccccc1CC[C@@H]1CN[C@H](c2nc3cc(F)c(F)cc3[nH]2)CO1)C(c1ccccc1)c1ccccc1. The smallest absolute Gasteiger partial charge is 0.407 e. The molecule has 6 rings (SSSR count). The summed E-state index contributed by atoms with van der Waals surface area (Å²) in [5, 5.41) is 9.25. The predicted octanol–water partition coefficient (Wildman–Crippen LogP) is 6.00. The number of benzene rings is 4. The minimum atomic E-state index is -0.977. The van der Waals surface area contributed by atoms with Crippen molar-refractivity contribution in [2.75, 3.05) is 25.6 Å². The van der Waals surface area contributed by atoms with Crippen LogP contribution in [0.4, 0.5) is 19.3 Å². The Kier molecular flexibility index (Phi) is 9.84. The number of para-hydroxylation sites is 1. The number of hydrogen-bond donors (Lipinski definition) is 4. The summed E-state index contributed by atoms with van der Waals surface area (Å²) in [6.07, 6.45) is 0.469. The van der Waals surface area contributed by atoms with Gasteiger partial charge in [-0.1, -0.05) is 78.9 Å². The van der Waals surface area contributed by atoms with Crippen LogP contribution < -0.4 is 16.0 Å². The van der Waals surface area contributed by atoms with Gasteiger partial charge in [-0.3, -0.25) is 4.79 Å². The highest BCUT2D eigenvalue weighted by atomic mass is 19.2. The summed E-state index contributed by atoms with van der Waals surface area (Å²) in [7, 11) is 1.27. The number of aromatic amines is 1. The number of H-pyrrole nitrogens is 1. The van der Waals surface area contributed by atoms with Gasteiger partial charge in [0, 0.05) is 30.3 Å². The lowest BCUT2D eigenvalue weighted by atomic mass is 9.84. The molecule has 1 saturated heterocycles. The number of fused-ring (bicyclic) bond motifs is 1. The van der Waals surface area contributed by atoms with Crippen molar-refractivity contribution in [3.63, 3.8) is 0 Å². The lowest BCUT2D eigenvalue weighted by Crippen LogP contribution is -2.48. The molecule has 3 atom stereocenters. The number of carbonyl (C=O) groups excluding carboxylic acids is 2. The molecule has 11 heteroatoms. The number of nitrogens with zero attached hydrogens (tertiary/aromatic N) is 1. The second-order valence-electron chi connectivity index (χ2n) is 11.4. The van der Waals surface area contributed by atoms with E-state index in [1.807, 2.05) is 84.9 Å². The molecule has 0 bridgehead atoms. The lowest BCUT2D eigenvalue weighted by Gasteiger charge is -2.30. The second-order valence-corrected chi connectivity index (χ2v) is 11.4. The van der Waals surface area contributed by atoms with Crippen LogP contribution in [0.3, 0.4) is 0 Å². The zero-order valence-corrected chi connectivity index (χ0v) is 25.7. The number of rotatable bonds is 10. The molecule has 0 unspecified atom stereocenters. The third-order valence-corrected chi connectivity index (χ3v) is 8.37. The number of nitrogens with one attached hydrogen (secondary N) is 4. The van der Waals surface area contributed by atoms with Gasteiger partial charge in [-0.25, -0.2) is 18.6 Å². The van der Waals surface area contributed by atoms with Gasteiger partial charge in [-0.2, -0.15) is 0 Å². The average molecular weight is 640 g/mol. The number of imidazole rings is 1. The Labute approximate surface area is 270 Å². The number of ether oxygens (including phenoxy) is 2. The molecule has 0 spiro atoms. The molecule has 0 radical (unpaired) electrons. The average Bonchev–Trinajstić information content (AvgIpc) is 3.51. The molecule has 5 aromatic rings. The van der Waals surface area contributed by atoms with E-state index in [2.05, 4.69) is 25.9 Å². The lowest BCUT2D eigenvalue weighted by molar-refractivity contribution is -0.118. The van der Waals surface area contributed by atoms with Gasteiger partial charge in [-0.15, -0.1) is 0 Å². The normalized spacial score (nSPS) is 16.9. The van der Waals surface area contributed by atoms with Gasteiger partial charge >= 0.3 is 6.09 Å². The van der Waals surface area contributed by atoms with E-state index in [1.54, 1.807) is 0 Å². The Morgan fingerprint density at radius 2 is 1.62 bits per heavy atom. The second kappa shape index (κ2) is 14.5. The summed E-state index contributed by atoms with van der Waals surface area (Å²) in [6, 6.07) is 27.6. The molecule has 1 aromatic heterocycles. The molecule has 1 aliphatic heterocycles. The molecule has 242 valence electrons. The van der Waals surface area contributed by atoms with Crippen LogP contribution in [0, 0.1) is 11.6 Å². The molecular formula is C36H35F2N5O4. The van der Waals surface area contributed by atoms with E-state index in [-0.39, 0.29) is 18.1 Å². The molecule has 47 heavy (non-hydrogen) atoms. The Balaban J connectivity index is 1.13. The van der Waals surface area contributed by atoms with Gasteiger partial charge < -0.3 is 30.4 Å². The van der Waals surface area contributed by atoms with Crippen molar-refractivity contribution < 1.29 is 27.8 Å². The first-order chi connectivity index (χ1) is 22.9. The highest BCUT2D eigenvalue weighted by Crippen LogP contribution is 2.30. The number of aromatic nitrogens is 2. The third kappa shape index (κ3) is 7.48. The number of hydrogen-bond acceptors (Lipinski definition) is 6. The molecule has 0 saturated carbocycles. The maximum absolute atomic E-state index is 14.0. The number of methoxy groups -OCH3 is 1. The first-order valence-electron chi connectivity index (χ1n) is 15.4. The zero-order chi connectivity index (χ0) is 32.8. The Morgan fingerprint density at radius 3 is 2.28 bits per heavy atom. The minimum absolute atomic E-state index is 0.108. The zero-order valence-electron chi connectivity index (χ0n) is 25.7. The van der Waals surface area contributed by atoms with Gasteiger partial charge in [-0.05, 0) is 35.6 Å². The number of alkyl carbamates (subject to hydrolysis) is 1. The number of anilines is 1. The highest BCUT2D eigenvalue weighted by Gasteiger charge is 2.33. The van der Waals surface area contributed by atoms with Crippen LogP contribution in [-0.4, -0.2) is 54.4 Å². The van der Waals surface area contributed by atoms with Crippen molar-refractivity contribution in [2.24, 2.45) is 0 Å². The summed E-state index contributed by atoms with van der Waals surface area (Å²) in [5.74, 6) is -2.19. The van der Waals surface area contributed by atoms with E-state index in [9.17, 15) is 18.4 Å². The van der Waals surface area contributed by atoms with Crippen LogP contribution in [0.5, 0.6) is 0 Å². The standard InChI is InChI=1S/C36H35F2N5O4/c1-46-36(45)43-33(32(23-11-4-2-5-12-23)24-13-6-3-7-14-24)35(44)42-28-15-9-8-10-22(28)16-17-25-20-39-31(21-47-25)34-40-29-18-26(37)27(38)19-30(29)41-34/h2-15,18-19,25,31-33,39H,16-17,20-21H2,1H3,(H,40,41)(H,42,44)(H,43,45)/t25-,31+,33+/m1/s1. The van der Waals surface area contributed by atoms with Crippen LogP contribution in [0.1, 0.15) is 40.9 Å². The van der Waals surface area contributed by atoms with Crippen molar-refractivity contribution in [1.29, 1.82) is 0 Å². The summed E-state index contributed by atoms with van der Waals surface area (Å²) in [6.45, 7) is 0.870. The maximum Gasteiger partial charge on any atom is 0.407 e.